The molecule has 1 aromatic rings. The second-order valence-corrected chi connectivity index (χ2v) is 3.96. The van der Waals surface area contributed by atoms with Crippen LogP contribution in [-0.2, 0) is 9.53 Å². The second-order valence-electron chi connectivity index (χ2n) is 3.96. The molecule has 86 valence electrons. The highest BCUT2D eigenvalue weighted by Gasteiger charge is 2.29. The number of likely N-dealkylation sites (tertiary alicyclic amines) is 1. The molecule has 1 unspecified atom stereocenters. The van der Waals surface area contributed by atoms with E-state index < -0.39 is 0 Å². The SMILES string of the molecule is COCC(=O)N1CCCC1c1cccnc1. The van der Waals surface area contributed by atoms with E-state index in [-0.39, 0.29) is 18.6 Å². The molecule has 1 amide bonds. The van der Waals surface area contributed by atoms with Gasteiger partial charge in [0.25, 0.3) is 0 Å². The van der Waals surface area contributed by atoms with E-state index in [2.05, 4.69) is 4.98 Å². The third kappa shape index (κ3) is 2.22. The van der Waals surface area contributed by atoms with Crippen molar-refractivity contribution in [2.75, 3.05) is 20.3 Å². The Morgan fingerprint density at radius 2 is 2.56 bits per heavy atom. The first kappa shape index (κ1) is 11.1. The van der Waals surface area contributed by atoms with Gasteiger partial charge in [0, 0.05) is 26.0 Å². The van der Waals surface area contributed by atoms with Crippen LogP contribution in [0, 0.1) is 0 Å². The summed E-state index contributed by atoms with van der Waals surface area (Å²) in [6.45, 7) is 0.985. The minimum atomic E-state index is 0.0638. The molecule has 1 aliphatic rings. The van der Waals surface area contributed by atoms with E-state index >= 15 is 0 Å². The smallest absolute Gasteiger partial charge is 0.249 e. The number of methoxy groups -OCH3 is 1. The Balaban J connectivity index is 2.12. The predicted molar refractivity (Wildman–Crippen MR) is 59.8 cm³/mol. The van der Waals surface area contributed by atoms with Crippen molar-refractivity contribution in [1.82, 2.24) is 9.88 Å². The average molecular weight is 220 g/mol. The summed E-state index contributed by atoms with van der Waals surface area (Å²) in [5, 5.41) is 0. The summed E-state index contributed by atoms with van der Waals surface area (Å²) >= 11 is 0. The van der Waals surface area contributed by atoms with Crippen LogP contribution in [0.4, 0.5) is 0 Å². The van der Waals surface area contributed by atoms with Gasteiger partial charge in [-0.3, -0.25) is 9.78 Å². The molecule has 4 nitrogen and oxygen atoms in total. The van der Waals surface area contributed by atoms with Crippen molar-refractivity contribution >= 4 is 5.91 Å². The molecule has 0 aliphatic carbocycles. The standard InChI is InChI=1S/C12H16N2O2/c1-16-9-12(15)14-7-3-5-11(14)10-4-2-6-13-8-10/h2,4,6,8,11H,3,5,7,9H2,1H3. The fourth-order valence-electron chi connectivity index (χ4n) is 2.19. The lowest BCUT2D eigenvalue weighted by atomic mass is 10.1. The van der Waals surface area contributed by atoms with Gasteiger partial charge in [0.2, 0.25) is 5.91 Å². The third-order valence-corrected chi connectivity index (χ3v) is 2.91. The molecule has 16 heavy (non-hydrogen) atoms. The number of ether oxygens (including phenoxy) is 1. The van der Waals surface area contributed by atoms with Gasteiger partial charge < -0.3 is 9.64 Å². The van der Waals surface area contributed by atoms with Crippen molar-refractivity contribution in [2.24, 2.45) is 0 Å². The summed E-state index contributed by atoms with van der Waals surface area (Å²) in [5.74, 6) is 0.0638. The molecule has 0 bridgehead atoms. The van der Waals surface area contributed by atoms with Crippen LogP contribution in [0.1, 0.15) is 24.4 Å². The number of pyridine rings is 1. The van der Waals surface area contributed by atoms with Crippen molar-refractivity contribution < 1.29 is 9.53 Å². The molecule has 1 aromatic heterocycles. The van der Waals surface area contributed by atoms with E-state index in [0.717, 1.165) is 24.9 Å². The first-order valence-electron chi connectivity index (χ1n) is 5.51. The minimum absolute atomic E-state index is 0.0638. The van der Waals surface area contributed by atoms with E-state index in [1.54, 1.807) is 13.3 Å². The number of carbonyl (C=O) groups is 1. The van der Waals surface area contributed by atoms with Gasteiger partial charge in [-0.25, -0.2) is 0 Å². The summed E-state index contributed by atoms with van der Waals surface area (Å²) in [7, 11) is 1.55. The summed E-state index contributed by atoms with van der Waals surface area (Å²) in [6, 6.07) is 4.11. The van der Waals surface area contributed by atoms with Crippen molar-refractivity contribution in [3.05, 3.63) is 30.1 Å². The van der Waals surface area contributed by atoms with E-state index in [1.807, 2.05) is 23.2 Å². The van der Waals surface area contributed by atoms with E-state index in [1.165, 1.54) is 0 Å². The van der Waals surface area contributed by atoms with Gasteiger partial charge in [0.05, 0.1) is 6.04 Å². The largest absolute Gasteiger partial charge is 0.375 e. The molecule has 1 aliphatic heterocycles. The zero-order valence-corrected chi connectivity index (χ0v) is 9.43. The van der Waals surface area contributed by atoms with Crippen LogP contribution in [0.2, 0.25) is 0 Å². The molecule has 0 aromatic carbocycles. The van der Waals surface area contributed by atoms with Gasteiger partial charge in [-0.15, -0.1) is 0 Å². The van der Waals surface area contributed by atoms with Gasteiger partial charge in [0.1, 0.15) is 6.61 Å². The van der Waals surface area contributed by atoms with Crippen LogP contribution in [0.15, 0.2) is 24.5 Å². The van der Waals surface area contributed by atoms with Crippen LogP contribution >= 0.6 is 0 Å². The van der Waals surface area contributed by atoms with Gasteiger partial charge >= 0.3 is 0 Å². The van der Waals surface area contributed by atoms with Crippen molar-refractivity contribution in [1.29, 1.82) is 0 Å². The van der Waals surface area contributed by atoms with Gasteiger partial charge in [-0.05, 0) is 24.5 Å². The summed E-state index contributed by atoms with van der Waals surface area (Å²) in [6.07, 6.45) is 5.65. The lowest BCUT2D eigenvalue weighted by Crippen LogP contribution is -2.33. The van der Waals surface area contributed by atoms with Crippen molar-refractivity contribution in [3.8, 4) is 0 Å². The summed E-state index contributed by atoms with van der Waals surface area (Å²) in [5.41, 5.74) is 1.12. The van der Waals surface area contributed by atoms with Gasteiger partial charge in [-0.2, -0.15) is 0 Å². The first-order chi connectivity index (χ1) is 7.83. The highest BCUT2D eigenvalue weighted by Crippen LogP contribution is 2.31. The maximum atomic E-state index is 11.8. The molecule has 0 radical (unpaired) electrons. The lowest BCUT2D eigenvalue weighted by molar-refractivity contribution is -0.136. The van der Waals surface area contributed by atoms with E-state index in [0.29, 0.717) is 0 Å². The molecule has 0 saturated carbocycles. The van der Waals surface area contributed by atoms with Crippen LogP contribution in [0.25, 0.3) is 0 Å². The second kappa shape index (κ2) is 5.07. The zero-order valence-electron chi connectivity index (χ0n) is 9.43. The van der Waals surface area contributed by atoms with Crippen LogP contribution in [-0.4, -0.2) is 36.1 Å². The fourth-order valence-corrected chi connectivity index (χ4v) is 2.19. The minimum Gasteiger partial charge on any atom is -0.375 e. The third-order valence-electron chi connectivity index (χ3n) is 2.91. The Kier molecular flexibility index (Phi) is 3.51. The molecule has 1 fully saturated rings. The average Bonchev–Trinajstić information content (AvgIpc) is 2.79. The van der Waals surface area contributed by atoms with Crippen LogP contribution < -0.4 is 0 Å². The van der Waals surface area contributed by atoms with E-state index in [9.17, 15) is 4.79 Å². The van der Waals surface area contributed by atoms with Crippen molar-refractivity contribution in [3.63, 3.8) is 0 Å². The molecule has 4 heteroatoms. The maximum absolute atomic E-state index is 11.8. The topological polar surface area (TPSA) is 42.4 Å². The van der Waals surface area contributed by atoms with Crippen molar-refractivity contribution in [2.45, 2.75) is 18.9 Å². The van der Waals surface area contributed by atoms with Crippen LogP contribution in [0.3, 0.4) is 0 Å². The molecule has 2 heterocycles. The first-order valence-corrected chi connectivity index (χ1v) is 5.51. The number of aromatic nitrogens is 1. The normalized spacial score (nSPS) is 20.1. The number of hydrogen-bond acceptors (Lipinski definition) is 3. The Labute approximate surface area is 95.2 Å². The molecule has 0 N–H and O–H groups in total. The number of rotatable bonds is 3. The molecule has 0 spiro atoms. The Hall–Kier alpha value is -1.42. The Bertz CT molecular complexity index is 353. The molecule has 2 rings (SSSR count). The lowest BCUT2D eigenvalue weighted by Gasteiger charge is -2.24. The maximum Gasteiger partial charge on any atom is 0.249 e. The highest BCUT2D eigenvalue weighted by atomic mass is 16.5. The summed E-state index contributed by atoms with van der Waals surface area (Å²) < 4.78 is 4.89. The number of carbonyl (C=O) groups excluding carboxylic acids is 1. The summed E-state index contributed by atoms with van der Waals surface area (Å²) in [4.78, 5) is 17.8. The Morgan fingerprint density at radius 3 is 3.25 bits per heavy atom. The van der Waals surface area contributed by atoms with Crippen LogP contribution in [0.5, 0.6) is 0 Å². The Morgan fingerprint density at radius 1 is 1.69 bits per heavy atom. The highest BCUT2D eigenvalue weighted by molar-refractivity contribution is 5.78. The molecule has 1 atom stereocenters. The molecular weight excluding hydrogens is 204 g/mol. The molecular formula is C12H16N2O2. The van der Waals surface area contributed by atoms with Gasteiger partial charge in [-0.1, -0.05) is 6.07 Å². The molecule has 1 saturated heterocycles. The monoisotopic (exact) mass is 220 g/mol. The van der Waals surface area contributed by atoms with E-state index in [4.69, 9.17) is 4.74 Å². The number of amides is 1. The number of hydrogen-bond donors (Lipinski definition) is 0. The predicted octanol–water partition coefficient (Wildman–Crippen LogP) is 1.39. The fraction of sp³-hybridized carbons (Fsp3) is 0.500. The number of nitrogens with zero attached hydrogens (tertiary/aromatic N) is 2. The van der Waals surface area contributed by atoms with Gasteiger partial charge in [0.15, 0.2) is 0 Å². The zero-order chi connectivity index (χ0) is 11.4. The quantitative estimate of drug-likeness (QED) is 0.773.